The van der Waals surface area contributed by atoms with Crippen molar-refractivity contribution in [2.45, 2.75) is 5.60 Å². The summed E-state index contributed by atoms with van der Waals surface area (Å²) in [5.41, 5.74) is -1.63. The van der Waals surface area contributed by atoms with Crippen molar-refractivity contribution in [2.75, 3.05) is 0 Å². The van der Waals surface area contributed by atoms with Gasteiger partial charge in [-0.2, -0.15) is 0 Å². The molecular weight excluding hydrogens is 488 g/mol. The molecule has 1 aliphatic heterocycles. The van der Waals surface area contributed by atoms with Gasteiger partial charge in [0.2, 0.25) is 0 Å². The number of carbonyl (C=O) groups is 3. The minimum Gasteiger partial charge on any atom is -0.506 e. The Hall–Kier alpha value is -5.37. The van der Waals surface area contributed by atoms with Crippen LogP contribution in [0.1, 0.15) is 47.8 Å². The average Bonchev–Trinajstić information content (AvgIpc) is 3.22. The van der Waals surface area contributed by atoms with Gasteiger partial charge in [0.25, 0.3) is 0 Å². The highest BCUT2D eigenvalue weighted by Crippen LogP contribution is 2.53. The van der Waals surface area contributed by atoms with Crippen LogP contribution >= 0.6 is 0 Å². The van der Waals surface area contributed by atoms with Crippen LogP contribution in [0, 0.1) is 0 Å². The lowest BCUT2D eigenvalue weighted by atomic mass is 9.75. The molecule has 0 radical (unpaired) electrons. The van der Waals surface area contributed by atoms with E-state index in [0.29, 0.717) is 16.3 Å². The van der Waals surface area contributed by atoms with E-state index in [1.54, 1.807) is 72.8 Å². The van der Waals surface area contributed by atoms with Crippen molar-refractivity contribution in [3.05, 3.63) is 118 Å². The largest absolute Gasteiger partial charge is 0.506 e. The van der Waals surface area contributed by atoms with E-state index in [2.05, 4.69) is 0 Å². The number of hydrogen-bond donors (Lipinski definition) is 4. The smallest absolute Gasteiger partial charge is 0.340 e. The third kappa shape index (κ3) is 3.00. The van der Waals surface area contributed by atoms with Gasteiger partial charge in [-0.25, -0.2) is 14.4 Å². The average molecular weight is 506 g/mol. The molecule has 0 bridgehead atoms. The molecule has 0 fully saturated rings. The van der Waals surface area contributed by atoms with Crippen molar-refractivity contribution >= 4 is 39.5 Å². The number of carboxylic acid groups (broad SMARTS) is 2. The van der Waals surface area contributed by atoms with Crippen LogP contribution in [0.15, 0.2) is 84.9 Å². The van der Waals surface area contributed by atoms with E-state index < -0.39 is 46.1 Å². The normalized spacial score (nSPS) is 13.8. The fourth-order valence-corrected chi connectivity index (χ4v) is 5.39. The molecule has 0 amide bonds. The van der Waals surface area contributed by atoms with E-state index >= 15 is 0 Å². The topological polar surface area (TPSA) is 141 Å². The number of ether oxygens (including phenoxy) is 1. The van der Waals surface area contributed by atoms with Gasteiger partial charge < -0.3 is 25.2 Å². The molecule has 186 valence electrons. The summed E-state index contributed by atoms with van der Waals surface area (Å²) < 4.78 is 6.17. The number of benzene rings is 5. The number of esters is 1. The molecule has 4 N–H and O–H groups in total. The standard InChI is InChI=1S/C30H18O8/c31-25-17-9-3-1-7-15(17)23(13-20(25)27(33)34)30(22-12-6-5-11-19(22)29(37)38-30)24-14-21(28(35)36)26(32)18-10-4-2-8-16(18)24/h1-14,31-32H,(H,33,34)(H,35,36). The summed E-state index contributed by atoms with van der Waals surface area (Å²) in [6.45, 7) is 0. The quantitative estimate of drug-likeness (QED) is 0.242. The van der Waals surface area contributed by atoms with Gasteiger partial charge in [0.1, 0.15) is 22.6 Å². The predicted octanol–water partition coefficient (Wildman–Crippen LogP) is 5.26. The number of carboxylic acids is 2. The number of aromatic carboxylic acids is 2. The van der Waals surface area contributed by atoms with E-state index in [4.69, 9.17) is 4.74 Å². The molecule has 1 aliphatic rings. The second-order valence-corrected chi connectivity index (χ2v) is 8.96. The molecule has 0 saturated carbocycles. The Bertz CT molecular complexity index is 1750. The molecule has 0 aromatic heterocycles. The fraction of sp³-hybridized carbons (Fsp3) is 0.0333. The van der Waals surface area contributed by atoms with E-state index in [9.17, 15) is 34.8 Å². The first-order valence-corrected chi connectivity index (χ1v) is 11.6. The zero-order valence-corrected chi connectivity index (χ0v) is 19.5. The highest BCUT2D eigenvalue weighted by molar-refractivity contribution is 6.07. The van der Waals surface area contributed by atoms with Crippen LogP contribution in [0.3, 0.4) is 0 Å². The number of carbonyl (C=O) groups excluding carboxylic acids is 1. The summed E-state index contributed by atoms with van der Waals surface area (Å²) in [7, 11) is 0. The van der Waals surface area contributed by atoms with Crippen LogP contribution in [0.2, 0.25) is 0 Å². The monoisotopic (exact) mass is 506 g/mol. The Morgan fingerprint density at radius 2 is 1.03 bits per heavy atom. The van der Waals surface area contributed by atoms with E-state index in [0.717, 1.165) is 0 Å². The second-order valence-electron chi connectivity index (χ2n) is 8.96. The molecule has 0 aliphatic carbocycles. The zero-order valence-electron chi connectivity index (χ0n) is 19.5. The summed E-state index contributed by atoms with van der Waals surface area (Å²) >= 11 is 0. The third-order valence-electron chi connectivity index (χ3n) is 7.02. The lowest BCUT2D eigenvalue weighted by Gasteiger charge is -2.33. The van der Waals surface area contributed by atoms with Gasteiger partial charge in [0.05, 0.1) is 5.56 Å². The van der Waals surface area contributed by atoms with Crippen molar-refractivity contribution in [3.8, 4) is 11.5 Å². The van der Waals surface area contributed by atoms with Crippen molar-refractivity contribution in [2.24, 2.45) is 0 Å². The summed E-state index contributed by atoms with van der Waals surface area (Å²) in [6.07, 6.45) is 0. The number of hydrogen-bond acceptors (Lipinski definition) is 6. The molecule has 1 heterocycles. The summed E-state index contributed by atoms with van der Waals surface area (Å²) in [5.74, 6) is -4.39. The first-order valence-electron chi connectivity index (χ1n) is 11.6. The maximum atomic E-state index is 13.3. The molecule has 5 aromatic rings. The molecule has 0 spiro atoms. The van der Waals surface area contributed by atoms with Gasteiger partial charge in [-0.1, -0.05) is 66.7 Å². The third-order valence-corrected chi connectivity index (χ3v) is 7.02. The van der Waals surface area contributed by atoms with Crippen LogP contribution in [-0.4, -0.2) is 38.3 Å². The number of rotatable bonds is 4. The second kappa shape index (κ2) is 8.07. The van der Waals surface area contributed by atoms with Gasteiger partial charge in [-0.3, -0.25) is 0 Å². The van der Waals surface area contributed by atoms with Crippen LogP contribution in [0.25, 0.3) is 21.5 Å². The van der Waals surface area contributed by atoms with Gasteiger partial charge in [-0.15, -0.1) is 0 Å². The van der Waals surface area contributed by atoms with E-state index in [-0.39, 0.29) is 27.5 Å². The van der Waals surface area contributed by atoms with Crippen LogP contribution in [0.4, 0.5) is 0 Å². The van der Waals surface area contributed by atoms with Crippen LogP contribution in [-0.2, 0) is 10.3 Å². The SMILES string of the molecule is O=C1OC(c2cc(C(=O)O)c(O)c3ccccc23)(c2cc(C(=O)O)c(O)c3ccccc23)c2ccccc21. The minimum absolute atomic E-state index is 0.212. The summed E-state index contributed by atoms with van der Waals surface area (Å²) in [6, 6.07) is 22.2. The molecule has 8 heteroatoms. The minimum atomic E-state index is -1.82. The first-order chi connectivity index (χ1) is 18.3. The summed E-state index contributed by atoms with van der Waals surface area (Å²) in [5, 5.41) is 42.7. The number of cyclic esters (lactones) is 1. The molecule has 6 rings (SSSR count). The van der Waals surface area contributed by atoms with Crippen molar-refractivity contribution in [3.63, 3.8) is 0 Å². The number of fused-ring (bicyclic) bond motifs is 3. The van der Waals surface area contributed by atoms with Gasteiger partial charge in [0, 0.05) is 27.5 Å². The fourth-order valence-electron chi connectivity index (χ4n) is 5.39. The van der Waals surface area contributed by atoms with Crippen molar-refractivity contribution < 1.29 is 39.5 Å². The highest BCUT2D eigenvalue weighted by Gasteiger charge is 2.51. The highest BCUT2D eigenvalue weighted by atomic mass is 16.6. The predicted molar refractivity (Wildman–Crippen MR) is 137 cm³/mol. The molecule has 0 saturated heterocycles. The maximum Gasteiger partial charge on any atom is 0.340 e. The van der Waals surface area contributed by atoms with Gasteiger partial charge in [0.15, 0.2) is 5.60 Å². The summed E-state index contributed by atoms with van der Waals surface area (Å²) in [4.78, 5) is 37.7. The first kappa shape index (κ1) is 23.1. The molecule has 8 nitrogen and oxygen atoms in total. The van der Waals surface area contributed by atoms with Gasteiger partial charge >= 0.3 is 17.9 Å². The molecule has 0 atom stereocenters. The number of phenols is 2. The molecule has 0 unspecified atom stereocenters. The lowest BCUT2D eigenvalue weighted by Crippen LogP contribution is -2.31. The van der Waals surface area contributed by atoms with Crippen LogP contribution < -0.4 is 0 Å². The zero-order chi connectivity index (χ0) is 26.8. The molecular formula is C30H18O8. The number of aromatic hydroxyl groups is 2. The van der Waals surface area contributed by atoms with E-state index in [1.807, 2.05) is 0 Å². The Labute approximate surface area is 214 Å². The molecule has 38 heavy (non-hydrogen) atoms. The maximum absolute atomic E-state index is 13.3. The van der Waals surface area contributed by atoms with Crippen molar-refractivity contribution in [1.82, 2.24) is 0 Å². The molecule has 5 aromatic carbocycles. The van der Waals surface area contributed by atoms with Crippen LogP contribution in [0.5, 0.6) is 11.5 Å². The Balaban J connectivity index is 1.88. The Kier molecular flexibility index (Phi) is 4.90. The Morgan fingerprint density at radius 3 is 1.50 bits per heavy atom. The lowest BCUT2D eigenvalue weighted by molar-refractivity contribution is 0.0260. The van der Waals surface area contributed by atoms with Gasteiger partial charge in [-0.05, 0) is 29.0 Å². The van der Waals surface area contributed by atoms with E-state index in [1.165, 1.54) is 12.1 Å². The van der Waals surface area contributed by atoms with Crippen molar-refractivity contribution in [1.29, 1.82) is 0 Å². The Morgan fingerprint density at radius 1 is 0.605 bits per heavy atom.